The van der Waals surface area contributed by atoms with Gasteiger partial charge in [-0.2, -0.15) is 0 Å². The topological polar surface area (TPSA) is 78.4 Å². The molecule has 2 aromatic heterocycles. The maximum absolute atomic E-state index is 5.86. The van der Waals surface area contributed by atoms with Crippen molar-refractivity contribution in [2.75, 3.05) is 26.1 Å². The lowest BCUT2D eigenvalue weighted by Gasteiger charge is -2.11. The van der Waals surface area contributed by atoms with E-state index in [1.807, 2.05) is 19.1 Å². The van der Waals surface area contributed by atoms with Crippen LogP contribution in [0.2, 0.25) is 0 Å². The van der Waals surface area contributed by atoms with Crippen molar-refractivity contribution in [2.45, 2.75) is 6.92 Å². The van der Waals surface area contributed by atoms with Crippen LogP contribution in [-0.4, -0.2) is 35.9 Å². The first-order chi connectivity index (χ1) is 11.7. The van der Waals surface area contributed by atoms with Gasteiger partial charge in [-0.25, -0.2) is 0 Å². The summed E-state index contributed by atoms with van der Waals surface area (Å²) in [6.45, 7) is 2.78. The number of nitrogens with zero attached hydrogens (tertiary/aromatic N) is 3. The minimum atomic E-state index is 0.402. The number of nitrogens with one attached hydrogen (secondary N) is 1. The molecule has 0 saturated carbocycles. The standard InChI is InChI=1S/C17H18N4O3/c1-4-18-16-5-6-17(21-20-16)24-13-7-8-19-12-10-15(23-3)14(22-2)9-11(12)13/h5-10H,4H2,1-3H3,(H,18,20). The van der Waals surface area contributed by atoms with Crippen LogP contribution in [0, 0.1) is 0 Å². The summed E-state index contributed by atoms with van der Waals surface area (Å²) >= 11 is 0. The van der Waals surface area contributed by atoms with Crippen molar-refractivity contribution in [3.8, 4) is 23.1 Å². The molecule has 7 nitrogen and oxygen atoms in total. The zero-order chi connectivity index (χ0) is 16.9. The van der Waals surface area contributed by atoms with Crippen LogP contribution in [-0.2, 0) is 0 Å². The van der Waals surface area contributed by atoms with Crippen LogP contribution in [0.4, 0.5) is 5.82 Å². The fourth-order valence-corrected chi connectivity index (χ4v) is 2.30. The van der Waals surface area contributed by atoms with Crippen molar-refractivity contribution < 1.29 is 14.2 Å². The van der Waals surface area contributed by atoms with Gasteiger partial charge in [0.05, 0.1) is 19.7 Å². The van der Waals surface area contributed by atoms with Crippen molar-refractivity contribution in [1.29, 1.82) is 0 Å². The van der Waals surface area contributed by atoms with Gasteiger partial charge >= 0.3 is 0 Å². The summed E-state index contributed by atoms with van der Waals surface area (Å²) in [5, 5.41) is 12.0. The van der Waals surface area contributed by atoms with E-state index >= 15 is 0 Å². The summed E-state index contributed by atoms with van der Waals surface area (Å²) < 4.78 is 16.5. The van der Waals surface area contributed by atoms with Gasteiger partial charge in [0, 0.05) is 30.3 Å². The molecule has 24 heavy (non-hydrogen) atoms. The molecule has 0 amide bonds. The minimum Gasteiger partial charge on any atom is -0.493 e. The third-order valence-electron chi connectivity index (χ3n) is 3.42. The van der Waals surface area contributed by atoms with Crippen LogP contribution in [0.1, 0.15) is 6.92 Å². The Labute approximate surface area is 139 Å². The average Bonchev–Trinajstić information content (AvgIpc) is 2.62. The van der Waals surface area contributed by atoms with Gasteiger partial charge in [-0.3, -0.25) is 4.98 Å². The molecule has 0 bridgehead atoms. The van der Waals surface area contributed by atoms with Crippen LogP contribution in [0.5, 0.6) is 23.1 Å². The Balaban J connectivity index is 1.96. The number of pyridine rings is 1. The van der Waals surface area contributed by atoms with E-state index in [0.717, 1.165) is 17.4 Å². The Bertz CT molecular complexity index is 837. The molecular weight excluding hydrogens is 308 g/mol. The van der Waals surface area contributed by atoms with E-state index in [1.54, 1.807) is 38.6 Å². The number of methoxy groups -OCH3 is 2. The van der Waals surface area contributed by atoms with Gasteiger partial charge in [0.1, 0.15) is 11.6 Å². The van der Waals surface area contributed by atoms with Gasteiger partial charge in [0.2, 0.25) is 5.88 Å². The van der Waals surface area contributed by atoms with Crippen molar-refractivity contribution in [3.63, 3.8) is 0 Å². The molecule has 0 atom stereocenters. The Kier molecular flexibility index (Phi) is 4.60. The van der Waals surface area contributed by atoms with Crippen molar-refractivity contribution in [2.24, 2.45) is 0 Å². The fraction of sp³-hybridized carbons (Fsp3) is 0.235. The van der Waals surface area contributed by atoms with Crippen LogP contribution in [0.3, 0.4) is 0 Å². The highest BCUT2D eigenvalue weighted by atomic mass is 16.5. The second kappa shape index (κ2) is 6.99. The van der Waals surface area contributed by atoms with Gasteiger partial charge in [-0.05, 0) is 25.1 Å². The average molecular weight is 326 g/mol. The molecule has 0 saturated heterocycles. The summed E-state index contributed by atoms with van der Waals surface area (Å²) in [6.07, 6.45) is 1.67. The first kappa shape index (κ1) is 15.8. The molecule has 2 heterocycles. The second-order valence-corrected chi connectivity index (χ2v) is 4.92. The van der Waals surface area contributed by atoms with E-state index in [1.165, 1.54) is 0 Å². The molecule has 3 rings (SSSR count). The van der Waals surface area contributed by atoms with Crippen molar-refractivity contribution >= 4 is 16.7 Å². The van der Waals surface area contributed by atoms with Gasteiger partial charge in [-0.15, -0.1) is 10.2 Å². The predicted octanol–water partition coefficient (Wildman–Crippen LogP) is 3.27. The van der Waals surface area contributed by atoms with Crippen LogP contribution < -0.4 is 19.5 Å². The highest BCUT2D eigenvalue weighted by Crippen LogP contribution is 2.36. The van der Waals surface area contributed by atoms with Crippen molar-refractivity contribution in [3.05, 3.63) is 36.5 Å². The molecule has 0 fully saturated rings. The van der Waals surface area contributed by atoms with Gasteiger partial charge in [-0.1, -0.05) is 0 Å². The third kappa shape index (κ3) is 3.15. The lowest BCUT2D eigenvalue weighted by atomic mass is 10.2. The molecule has 0 radical (unpaired) electrons. The number of fused-ring (bicyclic) bond motifs is 1. The van der Waals surface area contributed by atoms with Gasteiger partial charge in [0.15, 0.2) is 11.5 Å². The first-order valence-corrected chi connectivity index (χ1v) is 7.51. The molecule has 0 aliphatic rings. The quantitative estimate of drug-likeness (QED) is 0.744. The zero-order valence-electron chi connectivity index (χ0n) is 13.7. The predicted molar refractivity (Wildman–Crippen MR) is 91.1 cm³/mol. The number of ether oxygens (including phenoxy) is 3. The first-order valence-electron chi connectivity index (χ1n) is 7.51. The Morgan fingerprint density at radius 1 is 0.958 bits per heavy atom. The zero-order valence-corrected chi connectivity index (χ0v) is 13.7. The molecule has 1 aromatic carbocycles. The number of aromatic nitrogens is 3. The van der Waals surface area contributed by atoms with E-state index in [-0.39, 0.29) is 0 Å². The molecule has 3 aromatic rings. The number of anilines is 1. The Morgan fingerprint density at radius 2 is 1.75 bits per heavy atom. The van der Waals surface area contributed by atoms with Crippen LogP contribution in [0.15, 0.2) is 36.5 Å². The maximum Gasteiger partial charge on any atom is 0.239 e. The highest BCUT2D eigenvalue weighted by molar-refractivity contribution is 5.88. The summed E-state index contributed by atoms with van der Waals surface area (Å²) in [4.78, 5) is 4.34. The molecule has 0 unspecified atom stereocenters. The van der Waals surface area contributed by atoms with E-state index in [4.69, 9.17) is 14.2 Å². The van der Waals surface area contributed by atoms with Crippen LogP contribution in [0.25, 0.3) is 10.9 Å². The lowest BCUT2D eigenvalue weighted by molar-refractivity contribution is 0.355. The number of rotatable bonds is 6. The molecule has 0 spiro atoms. The van der Waals surface area contributed by atoms with E-state index < -0.39 is 0 Å². The van der Waals surface area contributed by atoms with E-state index in [0.29, 0.717) is 28.9 Å². The summed E-state index contributed by atoms with van der Waals surface area (Å²) in [5.74, 6) is 2.95. The normalized spacial score (nSPS) is 10.5. The maximum atomic E-state index is 5.86. The summed E-state index contributed by atoms with van der Waals surface area (Å²) in [6, 6.07) is 8.99. The van der Waals surface area contributed by atoms with E-state index in [9.17, 15) is 0 Å². The summed E-state index contributed by atoms with van der Waals surface area (Å²) in [7, 11) is 3.18. The van der Waals surface area contributed by atoms with Gasteiger partial charge in [0.25, 0.3) is 0 Å². The van der Waals surface area contributed by atoms with Crippen molar-refractivity contribution in [1.82, 2.24) is 15.2 Å². The Morgan fingerprint density at radius 3 is 2.42 bits per heavy atom. The SMILES string of the molecule is CCNc1ccc(Oc2ccnc3cc(OC)c(OC)cc23)nn1. The summed E-state index contributed by atoms with van der Waals surface area (Å²) in [5.41, 5.74) is 0.738. The molecule has 124 valence electrons. The number of hydrogen-bond donors (Lipinski definition) is 1. The number of hydrogen-bond acceptors (Lipinski definition) is 7. The molecular formula is C17H18N4O3. The minimum absolute atomic E-state index is 0.402. The Hall–Kier alpha value is -3.09. The van der Waals surface area contributed by atoms with Gasteiger partial charge < -0.3 is 19.5 Å². The molecule has 0 aliphatic heterocycles. The smallest absolute Gasteiger partial charge is 0.239 e. The molecule has 1 N–H and O–H groups in total. The highest BCUT2D eigenvalue weighted by Gasteiger charge is 2.11. The molecule has 0 aliphatic carbocycles. The largest absolute Gasteiger partial charge is 0.493 e. The monoisotopic (exact) mass is 326 g/mol. The van der Waals surface area contributed by atoms with E-state index in [2.05, 4.69) is 20.5 Å². The second-order valence-electron chi connectivity index (χ2n) is 4.92. The lowest BCUT2D eigenvalue weighted by Crippen LogP contribution is -2.01. The number of benzene rings is 1. The third-order valence-corrected chi connectivity index (χ3v) is 3.42. The fourth-order valence-electron chi connectivity index (χ4n) is 2.30. The van der Waals surface area contributed by atoms with Crippen LogP contribution >= 0.6 is 0 Å². The molecule has 7 heteroatoms.